The minimum absolute atomic E-state index is 0.0112. The van der Waals surface area contributed by atoms with E-state index in [1.54, 1.807) is 12.1 Å². The maximum absolute atomic E-state index is 12.4. The number of benzene rings is 2. The van der Waals surface area contributed by atoms with E-state index >= 15 is 0 Å². The zero-order valence-corrected chi connectivity index (χ0v) is 15.8. The molecule has 24 heavy (non-hydrogen) atoms. The first kappa shape index (κ1) is 18.6. The molecule has 0 heterocycles. The van der Waals surface area contributed by atoms with Crippen molar-refractivity contribution in [3.05, 3.63) is 65.7 Å². The fourth-order valence-electron chi connectivity index (χ4n) is 2.09. The molecular weight excluding hydrogens is 318 g/mol. The van der Waals surface area contributed by atoms with Gasteiger partial charge < -0.3 is 0 Å². The van der Waals surface area contributed by atoms with Gasteiger partial charge in [-0.05, 0) is 49.1 Å². The molecule has 0 N–H and O–H groups in total. The van der Waals surface area contributed by atoms with Crippen molar-refractivity contribution in [2.45, 2.75) is 51.0 Å². The van der Waals surface area contributed by atoms with Crippen LogP contribution >= 0.6 is 0 Å². The predicted molar refractivity (Wildman–Crippen MR) is 100 cm³/mol. The third-order valence-electron chi connectivity index (χ3n) is 3.39. The topological polar surface area (TPSA) is 38.7 Å². The minimum atomic E-state index is -0.908. The zero-order valence-electron chi connectivity index (χ0n) is 14.9. The van der Waals surface area contributed by atoms with E-state index in [0.29, 0.717) is 5.56 Å². The lowest BCUT2D eigenvalue weighted by molar-refractivity contribution is 0.100. The Balaban J connectivity index is 2.35. The smallest absolute Gasteiger partial charge is 0.285 e. The van der Waals surface area contributed by atoms with E-state index < -0.39 is 11.0 Å². The summed E-state index contributed by atoms with van der Waals surface area (Å²) in [5, 5.41) is 0. The summed E-state index contributed by atoms with van der Waals surface area (Å²) in [5.74, 6) is -0.250. The highest BCUT2D eigenvalue weighted by Gasteiger charge is 2.15. The lowest BCUT2D eigenvalue weighted by atomic mass is 9.87. The molecule has 0 radical (unpaired) electrons. The van der Waals surface area contributed by atoms with Crippen molar-refractivity contribution in [2.24, 2.45) is 4.36 Å². The highest BCUT2D eigenvalue weighted by atomic mass is 32.2. The summed E-state index contributed by atoms with van der Waals surface area (Å²) in [6.45, 7) is 10.4. The molecule has 0 saturated heterocycles. The van der Waals surface area contributed by atoms with Crippen LogP contribution in [0, 0.1) is 0 Å². The van der Waals surface area contributed by atoms with Gasteiger partial charge in [-0.15, -0.1) is 0 Å². The largest absolute Gasteiger partial charge is 0.299 e. The molecule has 2 aromatic rings. The first-order chi connectivity index (χ1) is 11.3. The monoisotopic (exact) mass is 343 g/mol. The number of hydrogen-bond donors (Lipinski definition) is 0. The second-order valence-electron chi connectivity index (χ2n) is 6.93. The van der Waals surface area contributed by atoms with Crippen molar-refractivity contribution in [1.29, 1.82) is 0 Å². The average molecular weight is 343 g/mol. The molecule has 1 amide bonds. The molecule has 1 atom stereocenters. The van der Waals surface area contributed by atoms with Crippen LogP contribution in [0.5, 0.6) is 0 Å². The summed E-state index contributed by atoms with van der Waals surface area (Å²) in [6.07, 6.45) is -0.0112. The third-order valence-corrected chi connectivity index (χ3v) is 4.97. The van der Waals surface area contributed by atoms with Gasteiger partial charge in [0.05, 0.1) is 17.1 Å². The average Bonchev–Trinajstić information content (AvgIpc) is 2.54. The summed E-state index contributed by atoms with van der Waals surface area (Å²) >= 11 is 0. The number of rotatable bonds is 4. The highest BCUT2D eigenvalue weighted by Crippen LogP contribution is 2.24. The van der Waals surface area contributed by atoms with Crippen LogP contribution in [0.25, 0.3) is 0 Å². The SMILES string of the molecule is CC(C)OS(=NC(=O)c1ccccc1)c1ccc(C(C)(C)C)cc1. The number of carbonyl (C=O) groups is 1. The van der Waals surface area contributed by atoms with Crippen LogP contribution in [-0.4, -0.2) is 12.0 Å². The van der Waals surface area contributed by atoms with Crippen molar-refractivity contribution in [2.75, 3.05) is 0 Å². The van der Waals surface area contributed by atoms with E-state index in [0.717, 1.165) is 4.90 Å². The van der Waals surface area contributed by atoms with Crippen molar-refractivity contribution in [3.63, 3.8) is 0 Å². The van der Waals surface area contributed by atoms with Gasteiger partial charge in [0.1, 0.15) is 0 Å². The molecule has 4 heteroatoms. The van der Waals surface area contributed by atoms with E-state index in [4.69, 9.17) is 4.18 Å². The Bertz CT molecular complexity index is 714. The predicted octanol–water partition coefficient (Wildman–Crippen LogP) is 5.33. The molecule has 0 aromatic heterocycles. The van der Waals surface area contributed by atoms with Crippen molar-refractivity contribution < 1.29 is 8.98 Å². The quantitative estimate of drug-likeness (QED) is 0.753. The molecule has 2 aromatic carbocycles. The molecule has 2 rings (SSSR count). The molecule has 0 bridgehead atoms. The molecule has 128 valence electrons. The standard InChI is InChI=1S/C20H25NO2S/c1-15(2)23-24(21-19(22)16-9-7-6-8-10-16)18-13-11-17(12-14-18)20(3,4)5/h6-15H,1-5H3. The number of amides is 1. The Morgan fingerprint density at radius 1 is 1.00 bits per heavy atom. The van der Waals surface area contributed by atoms with Crippen molar-refractivity contribution in [1.82, 2.24) is 0 Å². The first-order valence-corrected chi connectivity index (χ1v) is 9.21. The van der Waals surface area contributed by atoms with E-state index in [-0.39, 0.29) is 17.4 Å². The molecule has 0 fully saturated rings. The van der Waals surface area contributed by atoms with Crippen LogP contribution in [0.2, 0.25) is 0 Å². The molecule has 0 spiro atoms. The first-order valence-electron chi connectivity index (χ1n) is 8.10. The van der Waals surface area contributed by atoms with Crippen LogP contribution in [-0.2, 0) is 20.6 Å². The van der Waals surface area contributed by atoms with E-state index in [2.05, 4.69) is 37.3 Å². The van der Waals surface area contributed by atoms with E-state index in [1.165, 1.54) is 5.56 Å². The molecule has 0 saturated carbocycles. The fraction of sp³-hybridized carbons (Fsp3) is 0.350. The van der Waals surface area contributed by atoms with Crippen molar-refractivity contribution in [3.8, 4) is 0 Å². The van der Waals surface area contributed by atoms with Gasteiger partial charge in [-0.2, -0.15) is 4.36 Å². The van der Waals surface area contributed by atoms with Gasteiger partial charge in [0, 0.05) is 10.5 Å². The highest BCUT2D eigenvalue weighted by molar-refractivity contribution is 7.83. The van der Waals surface area contributed by atoms with Gasteiger partial charge in [0.2, 0.25) is 0 Å². The number of nitrogens with zero attached hydrogens (tertiary/aromatic N) is 1. The minimum Gasteiger partial charge on any atom is -0.299 e. The van der Waals surface area contributed by atoms with E-state index in [9.17, 15) is 4.79 Å². The molecule has 0 aliphatic rings. The molecule has 1 unspecified atom stereocenters. The summed E-state index contributed by atoms with van der Waals surface area (Å²) in [5.41, 5.74) is 1.91. The van der Waals surface area contributed by atoms with Crippen LogP contribution in [0.4, 0.5) is 0 Å². The van der Waals surface area contributed by atoms with Gasteiger partial charge in [-0.25, -0.2) is 0 Å². The summed E-state index contributed by atoms with van der Waals surface area (Å²) < 4.78 is 10.2. The van der Waals surface area contributed by atoms with E-state index in [1.807, 2.05) is 44.2 Å². The third kappa shape index (κ3) is 5.11. The van der Waals surface area contributed by atoms with Gasteiger partial charge in [0.25, 0.3) is 5.91 Å². The lowest BCUT2D eigenvalue weighted by Crippen LogP contribution is -2.12. The maximum Gasteiger partial charge on any atom is 0.285 e. The Kier molecular flexibility index (Phi) is 6.08. The van der Waals surface area contributed by atoms with Crippen LogP contribution in [0.3, 0.4) is 0 Å². The lowest BCUT2D eigenvalue weighted by Gasteiger charge is -2.19. The molecule has 0 aliphatic heterocycles. The van der Waals surface area contributed by atoms with Gasteiger partial charge in [0.15, 0.2) is 0 Å². The molecule has 0 aliphatic carbocycles. The summed E-state index contributed by atoms with van der Waals surface area (Å²) in [4.78, 5) is 13.3. The Morgan fingerprint density at radius 2 is 1.58 bits per heavy atom. The van der Waals surface area contributed by atoms with Crippen LogP contribution in [0.1, 0.15) is 50.5 Å². The Hall–Kier alpha value is -1.78. The zero-order chi connectivity index (χ0) is 17.7. The summed E-state index contributed by atoms with van der Waals surface area (Å²) in [6, 6.07) is 17.3. The normalized spacial score (nSPS) is 13.2. The van der Waals surface area contributed by atoms with Gasteiger partial charge in [-0.1, -0.05) is 51.1 Å². The van der Waals surface area contributed by atoms with Crippen LogP contribution < -0.4 is 0 Å². The molecule has 3 nitrogen and oxygen atoms in total. The van der Waals surface area contributed by atoms with Crippen LogP contribution in [0.15, 0.2) is 63.9 Å². The van der Waals surface area contributed by atoms with Crippen molar-refractivity contribution >= 4 is 16.9 Å². The second kappa shape index (κ2) is 7.86. The fourth-order valence-corrected chi connectivity index (χ4v) is 3.34. The second-order valence-corrected chi connectivity index (χ2v) is 8.28. The maximum atomic E-state index is 12.4. The number of carbonyl (C=O) groups excluding carboxylic acids is 1. The molecular formula is C20H25NO2S. The summed E-state index contributed by atoms with van der Waals surface area (Å²) in [7, 11) is -0.908. The van der Waals surface area contributed by atoms with Gasteiger partial charge >= 0.3 is 0 Å². The Morgan fingerprint density at radius 3 is 2.08 bits per heavy atom. The van der Waals surface area contributed by atoms with Gasteiger partial charge in [-0.3, -0.25) is 8.98 Å². The number of hydrogen-bond acceptors (Lipinski definition) is 2. The Labute approximate surface area is 147 Å².